The second kappa shape index (κ2) is 4.54. The molecule has 7 heteroatoms. The SMILES string of the molecule is CN(CC(C)(C)O)C(=O)c1cc([N+](=O)[O-])c[nH]1. The first-order valence-electron chi connectivity index (χ1n) is 5.01. The lowest BCUT2D eigenvalue weighted by molar-refractivity contribution is -0.384. The molecule has 1 rings (SSSR count). The van der Waals surface area contributed by atoms with E-state index < -0.39 is 16.4 Å². The number of nitrogens with one attached hydrogen (secondary N) is 1. The lowest BCUT2D eigenvalue weighted by atomic mass is 10.1. The number of H-pyrrole nitrogens is 1. The summed E-state index contributed by atoms with van der Waals surface area (Å²) >= 11 is 0. The van der Waals surface area contributed by atoms with Crippen LogP contribution in [-0.2, 0) is 0 Å². The molecule has 0 unspecified atom stereocenters. The molecule has 1 heterocycles. The maximum atomic E-state index is 11.8. The molecule has 7 nitrogen and oxygen atoms in total. The van der Waals surface area contributed by atoms with Gasteiger partial charge in [0.25, 0.3) is 11.6 Å². The smallest absolute Gasteiger partial charge is 0.287 e. The van der Waals surface area contributed by atoms with E-state index in [4.69, 9.17) is 0 Å². The van der Waals surface area contributed by atoms with Crippen LogP contribution < -0.4 is 0 Å². The van der Waals surface area contributed by atoms with Gasteiger partial charge in [-0.1, -0.05) is 0 Å². The quantitative estimate of drug-likeness (QED) is 0.600. The molecular formula is C10H15N3O4. The molecule has 94 valence electrons. The number of aromatic amines is 1. The van der Waals surface area contributed by atoms with E-state index in [1.54, 1.807) is 13.8 Å². The Morgan fingerprint density at radius 3 is 2.65 bits per heavy atom. The van der Waals surface area contributed by atoms with Crippen LogP contribution >= 0.6 is 0 Å². The fraction of sp³-hybridized carbons (Fsp3) is 0.500. The van der Waals surface area contributed by atoms with E-state index in [1.165, 1.54) is 18.0 Å². The van der Waals surface area contributed by atoms with Gasteiger partial charge in [0, 0.05) is 19.7 Å². The average Bonchev–Trinajstić information content (AvgIpc) is 2.62. The van der Waals surface area contributed by atoms with E-state index in [9.17, 15) is 20.0 Å². The van der Waals surface area contributed by atoms with Crippen molar-refractivity contribution in [3.05, 3.63) is 28.1 Å². The topological polar surface area (TPSA) is 99.5 Å². The predicted molar refractivity (Wildman–Crippen MR) is 60.7 cm³/mol. The zero-order chi connectivity index (χ0) is 13.2. The molecule has 1 amide bonds. The van der Waals surface area contributed by atoms with Crippen LogP contribution in [-0.4, -0.2) is 45.0 Å². The molecule has 2 N–H and O–H groups in total. The molecule has 0 atom stereocenters. The fourth-order valence-electron chi connectivity index (χ4n) is 1.47. The maximum absolute atomic E-state index is 11.8. The van der Waals surface area contributed by atoms with E-state index >= 15 is 0 Å². The molecule has 0 fully saturated rings. The van der Waals surface area contributed by atoms with Crippen LogP contribution in [0.3, 0.4) is 0 Å². The van der Waals surface area contributed by atoms with Crippen molar-refractivity contribution < 1.29 is 14.8 Å². The molecule has 1 aromatic rings. The monoisotopic (exact) mass is 241 g/mol. The first kappa shape index (κ1) is 13.2. The van der Waals surface area contributed by atoms with Crippen LogP contribution in [0.2, 0.25) is 0 Å². The third-order valence-corrected chi connectivity index (χ3v) is 2.08. The molecule has 0 aliphatic heterocycles. The molecule has 0 radical (unpaired) electrons. The Labute approximate surface area is 98.2 Å². The Bertz CT molecular complexity index is 433. The number of hydrogen-bond acceptors (Lipinski definition) is 4. The van der Waals surface area contributed by atoms with E-state index in [0.29, 0.717) is 0 Å². The Morgan fingerprint density at radius 2 is 2.24 bits per heavy atom. The highest BCUT2D eigenvalue weighted by Crippen LogP contribution is 2.14. The van der Waals surface area contributed by atoms with Gasteiger partial charge in [0.2, 0.25) is 0 Å². The number of amides is 1. The third-order valence-electron chi connectivity index (χ3n) is 2.08. The third kappa shape index (κ3) is 3.56. The Balaban J connectivity index is 2.78. The molecule has 0 saturated heterocycles. The van der Waals surface area contributed by atoms with Crippen molar-refractivity contribution in [2.45, 2.75) is 19.4 Å². The van der Waals surface area contributed by atoms with Gasteiger partial charge in [0.1, 0.15) is 5.69 Å². The summed E-state index contributed by atoms with van der Waals surface area (Å²) in [4.78, 5) is 25.5. The summed E-state index contributed by atoms with van der Waals surface area (Å²) in [6.45, 7) is 3.29. The minimum Gasteiger partial charge on any atom is -0.389 e. The standard InChI is InChI=1S/C10H15N3O4/c1-10(2,15)6-12(3)9(14)8-4-7(5-11-8)13(16)17/h4-5,11,15H,6H2,1-3H3. The molecular weight excluding hydrogens is 226 g/mol. The van der Waals surface area contributed by atoms with Gasteiger partial charge in [0.05, 0.1) is 16.7 Å². The van der Waals surface area contributed by atoms with Gasteiger partial charge < -0.3 is 15.0 Å². The first-order valence-corrected chi connectivity index (χ1v) is 5.01. The zero-order valence-corrected chi connectivity index (χ0v) is 9.93. The minimum absolute atomic E-state index is 0.128. The van der Waals surface area contributed by atoms with Crippen molar-refractivity contribution in [2.75, 3.05) is 13.6 Å². The van der Waals surface area contributed by atoms with Gasteiger partial charge in [-0.15, -0.1) is 0 Å². The second-order valence-corrected chi connectivity index (χ2v) is 4.50. The van der Waals surface area contributed by atoms with Crippen molar-refractivity contribution in [1.29, 1.82) is 0 Å². The molecule has 0 saturated carbocycles. The Hall–Kier alpha value is -1.89. The molecule has 0 spiro atoms. The number of carbonyl (C=O) groups excluding carboxylic acids is 1. The van der Waals surface area contributed by atoms with Crippen LogP contribution in [0, 0.1) is 10.1 Å². The maximum Gasteiger partial charge on any atom is 0.287 e. The number of likely N-dealkylation sites (N-methyl/N-ethyl adjacent to an activating group) is 1. The van der Waals surface area contributed by atoms with Crippen LogP contribution in [0.5, 0.6) is 0 Å². The highest BCUT2D eigenvalue weighted by atomic mass is 16.6. The number of aromatic nitrogens is 1. The number of aliphatic hydroxyl groups is 1. The van der Waals surface area contributed by atoms with E-state index in [1.807, 2.05) is 0 Å². The largest absolute Gasteiger partial charge is 0.389 e. The summed E-state index contributed by atoms with van der Waals surface area (Å²) in [6.07, 6.45) is 1.16. The van der Waals surface area contributed by atoms with Gasteiger partial charge in [-0.05, 0) is 13.8 Å². The zero-order valence-electron chi connectivity index (χ0n) is 9.93. The van der Waals surface area contributed by atoms with Gasteiger partial charge in [-0.3, -0.25) is 14.9 Å². The van der Waals surface area contributed by atoms with Crippen molar-refractivity contribution in [3.63, 3.8) is 0 Å². The molecule has 1 aromatic heterocycles. The molecule has 0 aliphatic rings. The summed E-state index contributed by atoms with van der Waals surface area (Å²) in [5, 5.41) is 20.0. The summed E-state index contributed by atoms with van der Waals surface area (Å²) in [6, 6.07) is 1.17. The van der Waals surface area contributed by atoms with Gasteiger partial charge in [0.15, 0.2) is 0 Å². The highest BCUT2D eigenvalue weighted by Gasteiger charge is 2.22. The Morgan fingerprint density at radius 1 is 1.65 bits per heavy atom. The highest BCUT2D eigenvalue weighted by molar-refractivity contribution is 5.93. The van der Waals surface area contributed by atoms with Crippen LogP contribution in [0.1, 0.15) is 24.3 Å². The predicted octanol–water partition coefficient (Wildman–Crippen LogP) is 0.766. The molecule has 0 aliphatic carbocycles. The van der Waals surface area contributed by atoms with Crippen LogP contribution in [0.15, 0.2) is 12.3 Å². The van der Waals surface area contributed by atoms with E-state index in [2.05, 4.69) is 4.98 Å². The summed E-state index contributed by atoms with van der Waals surface area (Å²) in [5.74, 6) is -0.403. The summed E-state index contributed by atoms with van der Waals surface area (Å²) < 4.78 is 0. The fourth-order valence-corrected chi connectivity index (χ4v) is 1.47. The van der Waals surface area contributed by atoms with Crippen molar-refractivity contribution in [3.8, 4) is 0 Å². The lowest BCUT2D eigenvalue weighted by Gasteiger charge is -2.25. The van der Waals surface area contributed by atoms with Crippen molar-refractivity contribution in [1.82, 2.24) is 9.88 Å². The van der Waals surface area contributed by atoms with Gasteiger partial charge in [-0.25, -0.2) is 0 Å². The van der Waals surface area contributed by atoms with Crippen molar-refractivity contribution >= 4 is 11.6 Å². The number of hydrogen-bond donors (Lipinski definition) is 2. The van der Waals surface area contributed by atoms with E-state index in [-0.39, 0.29) is 17.9 Å². The minimum atomic E-state index is -1.01. The van der Waals surface area contributed by atoms with Crippen LogP contribution in [0.25, 0.3) is 0 Å². The number of nitrogens with zero attached hydrogens (tertiary/aromatic N) is 2. The van der Waals surface area contributed by atoms with Crippen molar-refractivity contribution in [2.24, 2.45) is 0 Å². The number of nitro groups is 1. The Kier molecular flexibility index (Phi) is 3.52. The van der Waals surface area contributed by atoms with Gasteiger partial charge in [-0.2, -0.15) is 0 Å². The molecule has 0 bridgehead atoms. The molecule has 17 heavy (non-hydrogen) atoms. The lowest BCUT2D eigenvalue weighted by Crippen LogP contribution is -2.39. The number of rotatable bonds is 4. The van der Waals surface area contributed by atoms with E-state index in [0.717, 1.165) is 6.20 Å². The molecule has 0 aromatic carbocycles. The summed E-state index contributed by atoms with van der Waals surface area (Å²) in [7, 11) is 1.52. The first-order chi connectivity index (χ1) is 7.70. The second-order valence-electron chi connectivity index (χ2n) is 4.50. The van der Waals surface area contributed by atoms with Gasteiger partial charge >= 0.3 is 0 Å². The van der Waals surface area contributed by atoms with Crippen LogP contribution in [0.4, 0.5) is 5.69 Å². The normalized spacial score (nSPS) is 11.3. The summed E-state index contributed by atoms with van der Waals surface area (Å²) in [5.41, 5.74) is -1.04. The number of carbonyl (C=O) groups is 1. The average molecular weight is 241 g/mol.